The van der Waals surface area contributed by atoms with Gasteiger partial charge in [-0.1, -0.05) is 0 Å². The Labute approximate surface area is 95.8 Å². The molecule has 1 N–H and O–H groups in total. The van der Waals surface area contributed by atoms with Gasteiger partial charge in [0.05, 0.1) is 13.1 Å². The van der Waals surface area contributed by atoms with Crippen LogP contribution in [-0.4, -0.2) is 61.4 Å². The molecule has 0 aromatic carbocycles. The lowest BCUT2D eigenvalue weighted by molar-refractivity contribution is -0.149. The second-order valence-corrected chi connectivity index (χ2v) is 4.72. The molecular formula is C11H19N3O2. The van der Waals surface area contributed by atoms with Gasteiger partial charge in [-0.05, 0) is 31.8 Å². The molecule has 90 valence electrons. The molecule has 2 aliphatic rings. The monoisotopic (exact) mass is 225 g/mol. The molecule has 16 heavy (non-hydrogen) atoms. The van der Waals surface area contributed by atoms with Gasteiger partial charge >= 0.3 is 0 Å². The van der Waals surface area contributed by atoms with E-state index in [-0.39, 0.29) is 24.9 Å². The third kappa shape index (κ3) is 2.52. The summed E-state index contributed by atoms with van der Waals surface area (Å²) in [4.78, 5) is 26.5. The Morgan fingerprint density at radius 2 is 1.88 bits per heavy atom. The summed E-state index contributed by atoms with van der Waals surface area (Å²) in [6.45, 7) is 3.31. The minimum Gasteiger partial charge on any atom is -0.335 e. The molecule has 2 aliphatic heterocycles. The summed E-state index contributed by atoms with van der Waals surface area (Å²) in [5, 5.41) is 3.30. The molecule has 0 saturated carbocycles. The minimum absolute atomic E-state index is 0.0496. The molecule has 2 heterocycles. The van der Waals surface area contributed by atoms with Crippen LogP contribution in [0.1, 0.15) is 12.8 Å². The molecule has 0 spiro atoms. The normalized spacial score (nSPS) is 24.1. The SMILES string of the molecule is CN1CC(=O)N(CC2CCNCC2)CC1=O. The first-order chi connectivity index (χ1) is 7.66. The zero-order valence-corrected chi connectivity index (χ0v) is 9.74. The van der Waals surface area contributed by atoms with Crippen LogP contribution < -0.4 is 5.32 Å². The van der Waals surface area contributed by atoms with Crippen molar-refractivity contribution in [1.29, 1.82) is 0 Å². The number of carbonyl (C=O) groups excluding carboxylic acids is 2. The molecule has 0 atom stereocenters. The molecule has 0 unspecified atom stereocenters. The van der Waals surface area contributed by atoms with E-state index < -0.39 is 0 Å². The highest BCUT2D eigenvalue weighted by Gasteiger charge is 2.29. The van der Waals surface area contributed by atoms with Gasteiger partial charge in [0, 0.05) is 13.6 Å². The maximum atomic E-state index is 11.7. The fourth-order valence-electron chi connectivity index (χ4n) is 2.31. The van der Waals surface area contributed by atoms with Crippen molar-refractivity contribution in [3.05, 3.63) is 0 Å². The number of nitrogens with zero attached hydrogens (tertiary/aromatic N) is 2. The average Bonchev–Trinajstić information content (AvgIpc) is 2.27. The van der Waals surface area contributed by atoms with E-state index in [1.807, 2.05) is 0 Å². The van der Waals surface area contributed by atoms with Crippen molar-refractivity contribution in [2.45, 2.75) is 12.8 Å². The Morgan fingerprint density at radius 3 is 2.56 bits per heavy atom. The number of amides is 2. The first-order valence-corrected chi connectivity index (χ1v) is 5.89. The van der Waals surface area contributed by atoms with Crippen LogP contribution in [0.5, 0.6) is 0 Å². The molecule has 0 aliphatic carbocycles. The quantitative estimate of drug-likeness (QED) is 0.675. The number of piperidine rings is 1. The van der Waals surface area contributed by atoms with Gasteiger partial charge in [0.2, 0.25) is 11.8 Å². The number of nitrogens with one attached hydrogen (secondary N) is 1. The largest absolute Gasteiger partial charge is 0.335 e. The number of hydrogen-bond donors (Lipinski definition) is 1. The fourth-order valence-corrected chi connectivity index (χ4v) is 2.31. The van der Waals surface area contributed by atoms with E-state index in [0.717, 1.165) is 32.5 Å². The van der Waals surface area contributed by atoms with E-state index in [1.54, 1.807) is 11.9 Å². The van der Waals surface area contributed by atoms with Crippen LogP contribution in [0, 0.1) is 5.92 Å². The molecule has 5 nitrogen and oxygen atoms in total. The molecule has 2 saturated heterocycles. The number of likely N-dealkylation sites (N-methyl/N-ethyl adjacent to an activating group) is 1. The summed E-state index contributed by atoms with van der Waals surface area (Å²) in [5.41, 5.74) is 0. The summed E-state index contributed by atoms with van der Waals surface area (Å²) in [6, 6.07) is 0. The van der Waals surface area contributed by atoms with Gasteiger partial charge in [-0.2, -0.15) is 0 Å². The van der Waals surface area contributed by atoms with Crippen molar-refractivity contribution >= 4 is 11.8 Å². The lowest BCUT2D eigenvalue weighted by Crippen LogP contribution is -2.53. The van der Waals surface area contributed by atoms with E-state index in [0.29, 0.717) is 5.92 Å². The minimum atomic E-state index is 0.0496. The van der Waals surface area contributed by atoms with Crippen molar-refractivity contribution in [3.63, 3.8) is 0 Å². The Morgan fingerprint density at radius 1 is 1.19 bits per heavy atom. The lowest BCUT2D eigenvalue weighted by atomic mass is 9.97. The molecule has 0 aromatic heterocycles. The van der Waals surface area contributed by atoms with Crippen LogP contribution in [0.25, 0.3) is 0 Å². The third-order valence-corrected chi connectivity index (χ3v) is 3.41. The van der Waals surface area contributed by atoms with Gasteiger partial charge in [-0.25, -0.2) is 0 Å². The number of piperazine rings is 1. The first kappa shape index (κ1) is 11.4. The van der Waals surface area contributed by atoms with Gasteiger partial charge in [-0.3, -0.25) is 9.59 Å². The standard InChI is InChI=1S/C11H19N3O2/c1-13-7-11(16)14(8-10(13)15)6-9-2-4-12-5-3-9/h9,12H,2-8H2,1H3. The molecular weight excluding hydrogens is 206 g/mol. The van der Waals surface area contributed by atoms with Crippen LogP contribution in [0.15, 0.2) is 0 Å². The molecule has 5 heteroatoms. The van der Waals surface area contributed by atoms with E-state index in [4.69, 9.17) is 0 Å². The predicted octanol–water partition coefficient (Wildman–Crippen LogP) is -0.713. The molecule has 0 aromatic rings. The first-order valence-electron chi connectivity index (χ1n) is 5.89. The van der Waals surface area contributed by atoms with E-state index in [2.05, 4.69) is 5.32 Å². The van der Waals surface area contributed by atoms with E-state index in [9.17, 15) is 9.59 Å². The molecule has 2 fully saturated rings. The van der Waals surface area contributed by atoms with Gasteiger partial charge in [0.15, 0.2) is 0 Å². The molecule has 2 amide bonds. The second-order valence-electron chi connectivity index (χ2n) is 4.72. The van der Waals surface area contributed by atoms with E-state index >= 15 is 0 Å². The van der Waals surface area contributed by atoms with Crippen LogP contribution in [0.3, 0.4) is 0 Å². The fraction of sp³-hybridized carbons (Fsp3) is 0.818. The zero-order chi connectivity index (χ0) is 11.5. The highest BCUT2D eigenvalue weighted by molar-refractivity contribution is 5.92. The third-order valence-electron chi connectivity index (χ3n) is 3.41. The molecule has 0 bridgehead atoms. The van der Waals surface area contributed by atoms with Gasteiger partial charge in [0.1, 0.15) is 0 Å². The summed E-state index contributed by atoms with van der Waals surface area (Å²) in [7, 11) is 1.68. The topological polar surface area (TPSA) is 52.7 Å². The van der Waals surface area contributed by atoms with Crippen LogP contribution in [-0.2, 0) is 9.59 Å². The Hall–Kier alpha value is -1.10. The van der Waals surface area contributed by atoms with Gasteiger partial charge < -0.3 is 15.1 Å². The number of carbonyl (C=O) groups is 2. The maximum Gasteiger partial charge on any atom is 0.242 e. The lowest BCUT2D eigenvalue weighted by Gasteiger charge is -2.35. The van der Waals surface area contributed by atoms with Crippen LogP contribution >= 0.6 is 0 Å². The summed E-state index contributed by atoms with van der Waals surface area (Å²) < 4.78 is 0. The molecule has 2 rings (SSSR count). The highest BCUT2D eigenvalue weighted by atomic mass is 16.2. The van der Waals surface area contributed by atoms with Crippen LogP contribution in [0.4, 0.5) is 0 Å². The maximum absolute atomic E-state index is 11.7. The smallest absolute Gasteiger partial charge is 0.242 e. The van der Waals surface area contributed by atoms with E-state index in [1.165, 1.54) is 4.90 Å². The summed E-state index contributed by atoms with van der Waals surface area (Å²) >= 11 is 0. The van der Waals surface area contributed by atoms with Crippen molar-refractivity contribution in [2.75, 3.05) is 39.8 Å². The number of hydrogen-bond acceptors (Lipinski definition) is 3. The van der Waals surface area contributed by atoms with Crippen molar-refractivity contribution < 1.29 is 9.59 Å². The predicted molar refractivity (Wildman–Crippen MR) is 59.8 cm³/mol. The van der Waals surface area contributed by atoms with Crippen molar-refractivity contribution in [3.8, 4) is 0 Å². The second kappa shape index (κ2) is 4.82. The molecule has 0 radical (unpaired) electrons. The Kier molecular flexibility index (Phi) is 3.43. The van der Waals surface area contributed by atoms with Crippen LogP contribution in [0.2, 0.25) is 0 Å². The van der Waals surface area contributed by atoms with Crippen molar-refractivity contribution in [2.24, 2.45) is 5.92 Å². The zero-order valence-electron chi connectivity index (χ0n) is 9.74. The number of rotatable bonds is 2. The van der Waals surface area contributed by atoms with Gasteiger partial charge in [-0.15, -0.1) is 0 Å². The summed E-state index contributed by atoms with van der Waals surface area (Å²) in [6.07, 6.45) is 2.21. The average molecular weight is 225 g/mol. The highest BCUT2D eigenvalue weighted by Crippen LogP contribution is 2.15. The Bertz CT molecular complexity index is 287. The van der Waals surface area contributed by atoms with Crippen molar-refractivity contribution in [1.82, 2.24) is 15.1 Å². The summed E-state index contributed by atoms with van der Waals surface area (Å²) in [5.74, 6) is 0.690. The Balaban J connectivity index is 1.88. The van der Waals surface area contributed by atoms with Gasteiger partial charge in [0.25, 0.3) is 0 Å².